The van der Waals surface area contributed by atoms with Gasteiger partial charge in [0.25, 0.3) is 0 Å². The lowest BCUT2D eigenvalue weighted by Gasteiger charge is -2.30. The summed E-state index contributed by atoms with van der Waals surface area (Å²) < 4.78 is 5.34. The number of rotatable bonds is 4. The van der Waals surface area contributed by atoms with E-state index in [-0.39, 0.29) is 12.5 Å². The predicted octanol–water partition coefficient (Wildman–Crippen LogP) is 1.35. The molecule has 98 valence electrons. The normalized spacial score (nSPS) is 14.2. The summed E-state index contributed by atoms with van der Waals surface area (Å²) in [5.41, 5.74) is 2.38. The highest BCUT2D eigenvalue weighted by molar-refractivity contribution is 5.76. The van der Waals surface area contributed by atoms with Crippen LogP contribution in [-0.2, 0) is 17.8 Å². The SMILES string of the molecule is COc1cccc2c1CN(C(=O)CCCO)CC2. The molecule has 2 rings (SSSR count). The van der Waals surface area contributed by atoms with Gasteiger partial charge in [-0.25, -0.2) is 0 Å². The van der Waals surface area contributed by atoms with Crippen LogP contribution < -0.4 is 4.74 Å². The lowest BCUT2D eigenvalue weighted by atomic mass is 9.98. The summed E-state index contributed by atoms with van der Waals surface area (Å²) in [6.45, 7) is 1.44. The van der Waals surface area contributed by atoms with Crippen LogP contribution in [0.25, 0.3) is 0 Å². The molecule has 0 fully saturated rings. The topological polar surface area (TPSA) is 49.8 Å². The van der Waals surface area contributed by atoms with Crippen molar-refractivity contribution in [2.45, 2.75) is 25.8 Å². The van der Waals surface area contributed by atoms with Crippen molar-refractivity contribution in [1.82, 2.24) is 4.90 Å². The van der Waals surface area contributed by atoms with E-state index >= 15 is 0 Å². The molecule has 1 aromatic carbocycles. The van der Waals surface area contributed by atoms with Gasteiger partial charge in [0.15, 0.2) is 0 Å². The van der Waals surface area contributed by atoms with Crippen LogP contribution >= 0.6 is 0 Å². The molecule has 0 spiro atoms. The molecule has 4 nitrogen and oxygen atoms in total. The molecule has 1 N–H and O–H groups in total. The number of hydrogen-bond acceptors (Lipinski definition) is 3. The Hall–Kier alpha value is -1.55. The highest BCUT2D eigenvalue weighted by atomic mass is 16.5. The summed E-state index contributed by atoms with van der Waals surface area (Å²) in [4.78, 5) is 13.8. The number of benzene rings is 1. The fourth-order valence-corrected chi connectivity index (χ4v) is 2.34. The predicted molar refractivity (Wildman–Crippen MR) is 68.4 cm³/mol. The first-order valence-corrected chi connectivity index (χ1v) is 6.29. The summed E-state index contributed by atoms with van der Waals surface area (Å²) in [6, 6.07) is 6.01. The second kappa shape index (κ2) is 5.87. The smallest absolute Gasteiger partial charge is 0.222 e. The van der Waals surface area contributed by atoms with Crippen LogP contribution in [0, 0.1) is 0 Å². The minimum atomic E-state index is 0.0689. The number of aliphatic hydroxyl groups excluding tert-OH is 1. The highest BCUT2D eigenvalue weighted by Gasteiger charge is 2.22. The molecule has 1 aliphatic rings. The van der Waals surface area contributed by atoms with E-state index < -0.39 is 0 Å². The lowest BCUT2D eigenvalue weighted by molar-refractivity contribution is -0.132. The van der Waals surface area contributed by atoms with E-state index in [4.69, 9.17) is 9.84 Å². The number of carbonyl (C=O) groups excluding carboxylic acids is 1. The monoisotopic (exact) mass is 249 g/mol. The minimum absolute atomic E-state index is 0.0689. The van der Waals surface area contributed by atoms with Gasteiger partial charge in [0.05, 0.1) is 7.11 Å². The Labute approximate surface area is 107 Å². The lowest BCUT2D eigenvalue weighted by Crippen LogP contribution is -2.36. The van der Waals surface area contributed by atoms with Gasteiger partial charge in [-0.15, -0.1) is 0 Å². The summed E-state index contributed by atoms with van der Waals surface area (Å²) in [7, 11) is 1.65. The zero-order valence-corrected chi connectivity index (χ0v) is 10.7. The summed E-state index contributed by atoms with van der Waals surface area (Å²) in [6.07, 6.45) is 1.83. The second-order valence-corrected chi connectivity index (χ2v) is 4.49. The highest BCUT2D eigenvalue weighted by Crippen LogP contribution is 2.28. The van der Waals surface area contributed by atoms with Crippen LogP contribution in [0.5, 0.6) is 5.75 Å². The van der Waals surface area contributed by atoms with E-state index in [1.54, 1.807) is 7.11 Å². The first-order valence-electron chi connectivity index (χ1n) is 6.29. The minimum Gasteiger partial charge on any atom is -0.496 e. The molecule has 0 unspecified atom stereocenters. The molecule has 0 saturated heterocycles. The zero-order valence-electron chi connectivity index (χ0n) is 10.7. The van der Waals surface area contributed by atoms with Crippen LogP contribution in [0.15, 0.2) is 18.2 Å². The summed E-state index contributed by atoms with van der Waals surface area (Å²) >= 11 is 0. The number of hydrogen-bond donors (Lipinski definition) is 1. The van der Waals surface area contributed by atoms with Gasteiger partial charge in [-0.2, -0.15) is 0 Å². The molecule has 1 aromatic rings. The molecule has 1 aliphatic heterocycles. The molecule has 0 saturated carbocycles. The first kappa shape index (κ1) is 12.9. The van der Waals surface area contributed by atoms with Crippen LogP contribution in [0.1, 0.15) is 24.0 Å². The summed E-state index contributed by atoms with van der Waals surface area (Å²) in [5.74, 6) is 0.966. The van der Waals surface area contributed by atoms with Gasteiger partial charge in [0.1, 0.15) is 5.75 Å². The largest absolute Gasteiger partial charge is 0.496 e. The molecule has 1 amide bonds. The Balaban J connectivity index is 2.11. The van der Waals surface area contributed by atoms with Crippen molar-refractivity contribution < 1.29 is 14.6 Å². The number of methoxy groups -OCH3 is 1. The molecular weight excluding hydrogens is 230 g/mol. The van der Waals surface area contributed by atoms with E-state index in [2.05, 4.69) is 6.07 Å². The molecule has 0 bridgehead atoms. The van der Waals surface area contributed by atoms with Crippen LogP contribution in [0.3, 0.4) is 0 Å². The molecule has 0 aromatic heterocycles. The third-order valence-electron chi connectivity index (χ3n) is 3.35. The van der Waals surface area contributed by atoms with Crippen LogP contribution in [0.4, 0.5) is 0 Å². The van der Waals surface area contributed by atoms with E-state index in [9.17, 15) is 4.79 Å². The van der Waals surface area contributed by atoms with E-state index in [1.165, 1.54) is 5.56 Å². The standard InChI is InChI=1S/C14H19NO3/c1-18-13-5-2-4-11-7-8-15(10-12(11)13)14(17)6-3-9-16/h2,4-5,16H,3,6-10H2,1H3. The Morgan fingerprint density at radius 3 is 3.06 bits per heavy atom. The Kier molecular flexibility index (Phi) is 4.20. The Bertz CT molecular complexity index is 417. The van der Waals surface area contributed by atoms with Gasteiger partial charge < -0.3 is 14.7 Å². The van der Waals surface area contributed by atoms with Crippen LogP contribution in [0.2, 0.25) is 0 Å². The van der Waals surface area contributed by atoms with E-state index in [1.807, 2.05) is 17.0 Å². The molecule has 0 atom stereocenters. The second-order valence-electron chi connectivity index (χ2n) is 4.49. The fraction of sp³-hybridized carbons (Fsp3) is 0.500. The van der Waals surface area contributed by atoms with Crippen molar-refractivity contribution in [3.05, 3.63) is 29.3 Å². The third kappa shape index (κ3) is 2.64. The summed E-state index contributed by atoms with van der Waals surface area (Å²) in [5, 5.41) is 8.76. The van der Waals surface area contributed by atoms with Gasteiger partial charge in [0.2, 0.25) is 5.91 Å². The van der Waals surface area contributed by atoms with Gasteiger partial charge >= 0.3 is 0 Å². The number of carbonyl (C=O) groups is 1. The van der Waals surface area contributed by atoms with Crippen molar-refractivity contribution in [2.24, 2.45) is 0 Å². The molecule has 4 heteroatoms. The quantitative estimate of drug-likeness (QED) is 0.876. The van der Waals surface area contributed by atoms with E-state index in [0.29, 0.717) is 19.4 Å². The van der Waals surface area contributed by atoms with Crippen molar-refractivity contribution in [1.29, 1.82) is 0 Å². The van der Waals surface area contributed by atoms with E-state index in [0.717, 1.165) is 24.3 Å². The molecule has 0 aliphatic carbocycles. The van der Waals surface area contributed by atoms with Gasteiger partial charge in [0, 0.05) is 31.7 Å². The Morgan fingerprint density at radius 2 is 2.33 bits per heavy atom. The van der Waals surface area contributed by atoms with Crippen molar-refractivity contribution >= 4 is 5.91 Å². The zero-order chi connectivity index (χ0) is 13.0. The third-order valence-corrected chi connectivity index (χ3v) is 3.35. The number of ether oxygens (including phenoxy) is 1. The molecular formula is C14H19NO3. The average Bonchev–Trinajstić information content (AvgIpc) is 2.43. The van der Waals surface area contributed by atoms with Crippen molar-refractivity contribution in [3.63, 3.8) is 0 Å². The maximum atomic E-state index is 11.9. The maximum Gasteiger partial charge on any atom is 0.222 e. The van der Waals surface area contributed by atoms with Gasteiger partial charge in [-0.1, -0.05) is 12.1 Å². The van der Waals surface area contributed by atoms with Crippen molar-refractivity contribution in [2.75, 3.05) is 20.3 Å². The number of aliphatic hydroxyl groups is 1. The maximum absolute atomic E-state index is 11.9. The number of amides is 1. The average molecular weight is 249 g/mol. The van der Waals surface area contributed by atoms with Crippen LogP contribution in [-0.4, -0.2) is 36.2 Å². The molecule has 1 heterocycles. The van der Waals surface area contributed by atoms with Gasteiger partial charge in [-0.05, 0) is 24.5 Å². The van der Waals surface area contributed by atoms with Gasteiger partial charge in [-0.3, -0.25) is 4.79 Å². The molecule has 18 heavy (non-hydrogen) atoms. The van der Waals surface area contributed by atoms with Crippen molar-refractivity contribution in [3.8, 4) is 5.75 Å². The molecule has 0 radical (unpaired) electrons. The fourth-order valence-electron chi connectivity index (χ4n) is 2.34. The number of nitrogens with zero attached hydrogens (tertiary/aromatic N) is 1. The number of fused-ring (bicyclic) bond motifs is 1. The first-order chi connectivity index (χ1) is 8.76. The Morgan fingerprint density at radius 1 is 1.50 bits per heavy atom.